The van der Waals surface area contributed by atoms with E-state index in [1.165, 1.54) is 0 Å². The van der Waals surface area contributed by atoms with Crippen LogP contribution in [0, 0.1) is 11.3 Å². The van der Waals surface area contributed by atoms with Crippen LogP contribution in [0.2, 0.25) is 0 Å². The lowest BCUT2D eigenvalue weighted by Gasteiger charge is -2.49. The second-order valence-corrected chi connectivity index (χ2v) is 24.2. The Hall–Kier alpha value is -3.36. The minimum Gasteiger partial charge on any atom is -0.484 e. The summed E-state index contributed by atoms with van der Waals surface area (Å²) in [5.74, 6) is -7.25. The number of carbonyl (C=O) groups is 3. The number of aliphatic carboxylic acids is 1. The van der Waals surface area contributed by atoms with Gasteiger partial charge >= 0.3 is 5.97 Å². The minimum atomic E-state index is -2.98. The monoisotopic (exact) mass is 1280 g/mol. The van der Waals surface area contributed by atoms with Crippen LogP contribution in [0.15, 0.2) is 24.3 Å². The third kappa shape index (κ3) is 17.8. The van der Waals surface area contributed by atoms with Gasteiger partial charge in [0.1, 0.15) is 110 Å². The van der Waals surface area contributed by atoms with Gasteiger partial charge in [0.25, 0.3) is 5.79 Å². The molecule has 5 heterocycles. The first-order chi connectivity index (χ1) is 40.8. The lowest BCUT2D eigenvalue weighted by molar-refractivity contribution is -0.376. The molecule has 6 rings (SSSR count). The molecule has 0 radical (unpaired) electrons. The van der Waals surface area contributed by atoms with E-state index in [0.29, 0.717) is 29.5 Å². The quantitative estimate of drug-likeness (QED) is 0.0147. The fraction of sp³-hybridized carbons (Fsp3) is 0.804. The van der Waals surface area contributed by atoms with Crippen molar-refractivity contribution in [3.63, 3.8) is 0 Å². The van der Waals surface area contributed by atoms with Crippen molar-refractivity contribution in [3.8, 4) is 0 Å². The van der Waals surface area contributed by atoms with Crippen molar-refractivity contribution in [2.45, 2.75) is 197 Å². The number of hydrogen-bond acceptors (Lipinski definition) is 32. The van der Waals surface area contributed by atoms with E-state index in [1.807, 2.05) is 21.6 Å². The molecule has 86 heavy (non-hydrogen) atoms. The Morgan fingerprint density at radius 2 is 1.44 bits per heavy atom. The predicted molar refractivity (Wildman–Crippen MR) is 293 cm³/mol. The Balaban J connectivity index is 1.12. The number of aliphatic hydroxyl groups excluding tert-OH is 16. The molecule has 26 atom stereocenters. The van der Waals surface area contributed by atoms with Crippen molar-refractivity contribution < 1.29 is 144 Å². The number of benzene rings is 1. The first-order valence-corrected chi connectivity index (χ1v) is 30.1. The van der Waals surface area contributed by atoms with Crippen molar-refractivity contribution in [2.24, 2.45) is 5.92 Å². The number of carboxylic acids is 1. The predicted octanol–water partition coefficient (Wildman–Crippen LogP) is -7.29. The number of carboxylic acid groups (broad SMARTS) is 1. The Kier molecular flexibility index (Phi) is 27.6. The number of unbranched alkanes of at least 4 members (excludes halogenated alkanes) is 1. The summed E-state index contributed by atoms with van der Waals surface area (Å²) in [6.07, 6.45) is -41.5. The summed E-state index contributed by atoms with van der Waals surface area (Å²) in [7, 11) is 4.75. The highest BCUT2D eigenvalue weighted by Crippen LogP contribution is 2.41. The molecule has 21 N–H and O–H groups in total. The van der Waals surface area contributed by atoms with E-state index in [2.05, 4.69) is 16.0 Å². The molecule has 1 aromatic carbocycles. The average molecular weight is 1280 g/mol. The molecule has 2 amide bonds. The zero-order valence-electron chi connectivity index (χ0n) is 46.8. The van der Waals surface area contributed by atoms with Gasteiger partial charge in [0.05, 0.1) is 58.3 Å². The maximum Gasteiger partial charge on any atom is 0.364 e. The number of amides is 2. The molecule has 5 aliphatic rings. The van der Waals surface area contributed by atoms with Crippen LogP contribution in [-0.4, -0.2) is 315 Å². The SMILES string of the molecule is COC(=N)C1C(O)CC(OCC2OC(OC3C(CO)OC(OC4C(O)C(CO)OC(OC(C(O)CO)C(O)C(O)CNc5cccc(NC(=O)CCCCC6CCSS6)c5)C4O)C(NC(C)=O)C3O)C(O)C(O)C2O)(C(=O)O)OC1C(O)C(O)CO. The number of carbonyl (C=O) groups excluding carboxylic acids is 2. The fourth-order valence-corrected chi connectivity index (χ4v) is 13.5. The molecule has 33 nitrogen and oxygen atoms in total. The minimum absolute atomic E-state index is 0.195. The van der Waals surface area contributed by atoms with E-state index in [9.17, 15) is 101 Å². The Morgan fingerprint density at radius 3 is 2.07 bits per heavy atom. The summed E-state index contributed by atoms with van der Waals surface area (Å²) in [5.41, 5.74) is 0.831. The van der Waals surface area contributed by atoms with Gasteiger partial charge in [0.2, 0.25) is 11.8 Å². The molecule has 492 valence electrons. The summed E-state index contributed by atoms with van der Waals surface area (Å²) < 4.78 is 50.8. The first kappa shape index (κ1) is 71.7. The summed E-state index contributed by atoms with van der Waals surface area (Å²) in [6.45, 7) is -4.85. The molecule has 35 heteroatoms. The van der Waals surface area contributed by atoms with E-state index in [4.69, 9.17) is 48.0 Å². The molecule has 1 aromatic rings. The number of methoxy groups -OCH3 is 1. The number of anilines is 2. The summed E-state index contributed by atoms with van der Waals surface area (Å²) in [5, 5.41) is 201. The number of rotatable bonds is 30. The van der Waals surface area contributed by atoms with E-state index in [1.54, 1.807) is 24.3 Å². The summed E-state index contributed by atoms with van der Waals surface area (Å²) in [4.78, 5) is 38.2. The normalized spacial score (nSPS) is 37.1. The van der Waals surface area contributed by atoms with Crippen LogP contribution < -0.4 is 16.0 Å². The first-order valence-electron chi connectivity index (χ1n) is 27.7. The molecule has 0 aliphatic carbocycles. The van der Waals surface area contributed by atoms with Crippen LogP contribution in [0.4, 0.5) is 11.4 Å². The highest BCUT2D eigenvalue weighted by Gasteiger charge is 2.59. The van der Waals surface area contributed by atoms with E-state index in [-0.39, 0.29) is 5.91 Å². The Morgan fingerprint density at radius 1 is 0.779 bits per heavy atom. The Bertz CT molecular complexity index is 2310. The Labute approximate surface area is 500 Å². The molecule has 0 saturated carbocycles. The highest BCUT2D eigenvalue weighted by molar-refractivity contribution is 8.77. The van der Waals surface area contributed by atoms with Crippen LogP contribution in [0.5, 0.6) is 0 Å². The molecule has 5 fully saturated rings. The molecule has 5 saturated heterocycles. The zero-order chi connectivity index (χ0) is 63.3. The molecule has 0 bridgehead atoms. The maximum absolute atomic E-state index is 12.8. The number of nitrogens with one attached hydrogen (secondary N) is 4. The topological polar surface area (TPSA) is 538 Å². The fourth-order valence-electron chi connectivity index (χ4n) is 10.5. The van der Waals surface area contributed by atoms with Gasteiger partial charge in [-0.15, -0.1) is 0 Å². The summed E-state index contributed by atoms with van der Waals surface area (Å²) >= 11 is 0. The van der Waals surface area contributed by atoms with Gasteiger partial charge in [0.15, 0.2) is 24.8 Å². The molecule has 26 unspecified atom stereocenters. The van der Waals surface area contributed by atoms with Gasteiger partial charge in [-0.1, -0.05) is 34.1 Å². The lowest BCUT2D eigenvalue weighted by Crippen LogP contribution is -2.69. The largest absolute Gasteiger partial charge is 0.484 e. The number of ether oxygens (including phenoxy) is 9. The van der Waals surface area contributed by atoms with Crippen molar-refractivity contribution in [1.82, 2.24) is 5.32 Å². The summed E-state index contributed by atoms with van der Waals surface area (Å²) in [6, 6.07) is 4.62. The maximum atomic E-state index is 12.8. The average Bonchev–Trinajstić information content (AvgIpc) is 1.21. The standard InChI is InChI=1S/C51H82N4O29S2/c1-20(60)54-33-38(70)43(82-48-40(72)39(71)36(68)30(80-48)19-77-51(50(74)75)13-24(61)32(46(52)76-2)44(84-51)35(67)26(63)15-56)29(18-59)79-47(33)83-45-37(69)28(17-58)78-49(41(45)73)81-42(27(64)16-57)34(66)25(62)14-53-21-6-5-7-22(12-21)55-31(65)9-4-3-8-23-10-11-85-86-23/h5-7,12,23-30,32-45,47-49,52-53,56-59,61-64,66-73H,3-4,8-11,13-19H2,1-2H3,(H,54,60)(H,55,65)(H,74,75). The van der Waals surface area contributed by atoms with Crippen molar-refractivity contribution >= 4 is 56.6 Å². The lowest BCUT2D eigenvalue weighted by atomic mass is 9.83. The molecule has 0 spiro atoms. The van der Waals surface area contributed by atoms with Crippen LogP contribution >= 0.6 is 21.6 Å². The van der Waals surface area contributed by atoms with Crippen molar-refractivity contribution in [1.29, 1.82) is 5.41 Å². The van der Waals surface area contributed by atoms with Gasteiger partial charge in [-0.3, -0.25) is 15.0 Å². The van der Waals surface area contributed by atoms with Gasteiger partial charge in [-0.05, 0) is 37.5 Å². The van der Waals surface area contributed by atoms with E-state index in [0.717, 1.165) is 39.0 Å². The molecular weight excluding hydrogens is 1200 g/mol. The molecule has 0 aromatic heterocycles. The van der Waals surface area contributed by atoms with Gasteiger partial charge in [-0.2, -0.15) is 0 Å². The second kappa shape index (κ2) is 33.1. The van der Waals surface area contributed by atoms with Crippen molar-refractivity contribution in [2.75, 3.05) is 63.1 Å². The van der Waals surface area contributed by atoms with Gasteiger partial charge in [-0.25, -0.2) is 4.79 Å². The number of aliphatic hydroxyl groups is 16. The zero-order valence-corrected chi connectivity index (χ0v) is 48.4. The van der Waals surface area contributed by atoms with Crippen molar-refractivity contribution in [3.05, 3.63) is 24.3 Å². The second-order valence-electron chi connectivity index (χ2n) is 21.4. The molecule has 5 aliphatic heterocycles. The van der Waals surface area contributed by atoms with Gasteiger partial charge < -0.3 is 145 Å². The van der Waals surface area contributed by atoms with Crippen LogP contribution in [0.3, 0.4) is 0 Å². The third-order valence-corrected chi connectivity index (χ3v) is 18.3. The van der Waals surface area contributed by atoms with Crippen LogP contribution in [0.1, 0.15) is 45.4 Å². The van der Waals surface area contributed by atoms with E-state index < -0.39 is 216 Å². The smallest absolute Gasteiger partial charge is 0.364 e. The highest BCUT2D eigenvalue weighted by atomic mass is 33.1. The third-order valence-electron chi connectivity index (χ3n) is 15.3. The van der Waals surface area contributed by atoms with Gasteiger partial charge in [0, 0.05) is 48.7 Å². The molecular formula is C51H82N4O29S2. The van der Waals surface area contributed by atoms with E-state index >= 15 is 0 Å². The van der Waals surface area contributed by atoms with Crippen LogP contribution in [0.25, 0.3) is 0 Å². The number of hydrogen-bond donors (Lipinski definition) is 21. The van der Waals surface area contributed by atoms with Crippen LogP contribution in [-0.2, 0) is 57.0 Å².